The number of carbonyl (C=O) groups is 1. The number of ether oxygens (including phenoxy) is 1. The minimum Gasteiger partial charge on any atom is -0.462 e. The van der Waals surface area contributed by atoms with Crippen LogP contribution in [0.2, 0.25) is 0 Å². The van der Waals surface area contributed by atoms with Gasteiger partial charge in [0.1, 0.15) is 22.7 Å². The molecule has 0 spiro atoms. The Hall–Kier alpha value is -3.48. The van der Waals surface area contributed by atoms with Crippen molar-refractivity contribution < 1.29 is 13.9 Å². The predicted molar refractivity (Wildman–Crippen MR) is 115 cm³/mol. The van der Waals surface area contributed by atoms with Crippen LogP contribution in [0.5, 0.6) is 0 Å². The first-order valence-electron chi connectivity index (χ1n) is 10.0. The molecule has 2 aromatic carbocycles. The number of esters is 1. The maximum absolute atomic E-state index is 13.9. The Labute approximate surface area is 173 Å². The molecule has 0 radical (unpaired) electrons. The van der Waals surface area contributed by atoms with E-state index >= 15 is 0 Å². The Morgan fingerprint density at radius 3 is 2.47 bits per heavy atom. The maximum atomic E-state index is 13.9. The highest BCUT2D eigenvalue weighted by atomic mass is 19.1. The first kappa shape index (κ1) is 19.8. The molecule has 6 nitrogen and oxygen atoms in total. The molecule has 0 atom stereocenters. The molecule has 0 aliphatic rings. The lowest BCUT2D eigenvalue weighted by molar-refractivity contribution is 0.0436. The van der Waals surface area contributed by atoms with E-state index < -0.39 is 11.8 Å². The second-order valence-corrected chi connectivity index (χ2v) is 7.24. The van der Waals surface area contributed by atoms with Gasteiger partial charge in [0.25, 0.3) is 0 Å². The summed E-state index contributed by atoms with van der Waals surface area (Å²) >= 11 is 0. The topological polar surface area (TPSA) is 83.0 Å². The molecule has 0 fully saturated rings. The molecule has 4 aromatic rings. The van der Waals surface area contributed by atoms with Crippen molar-refractivity contribution in [2.45, 2.75) is 26.7 Å². The van der Waals surface area contributed by atoms with Crippen molar-refractivity contribution in [3.8, 4) is 5.69 Å². The molecule has 4 rings (SSSR count). The fraction of sp³-hybridized carbons (Fsp3) is 0.261. The Morgan fingerprint density at radius 1 is 1.10 bits per heavy atom. The first-order valence-corrected chi connectivity index (χ1v) is 10.0. The van der Waals surface area contributed by atoms with Crippen molar-refractivity contribution in [3.63, 3.8) is 0 Å². The van der Waals surface area contributed by atoms with Crippen LogP contribution in [0.3, 0.4) is 0 Å². The largest absolute Gasteiger partial charge is 0.462 e. The molecule has 7 heteroatoms. The third kappa shape index (κ3) is 3.47. The second-order valence-electron chi connectivity index (χ2n) is 7.24. The SMILES string of the molecule is CCC(CC)COC(=O)c1c(N)n(-c2cccc(F)c2)c2nc3ccccc3nc12. The summed E-state index contributed by atoms with van der Waals surface area (Å²) in [5.74, 6) is -0.566. The van der Waals surface area contributed by atoms with Crippen molar-refractivity contribution >= 4 is 34.0 Å². The van der Waals surface area contributed by atoms with Crippen LogP contribution in [0, 0.1) is 11.7 Å². The molecule has 0 saturated carbocycles. The van der Waals surface area contributed by atoms with Gasteiger partial charge in [0, 0.05) is 0 Å². The summed E-state index contributed by atoms with van der Waals surface area (Å²) in [7, 11) is 0. The van der Waals surface area contributed by atoms with Crippen LogP contribution >= 0.6 is 0 Å². The van der Waals surface area contributed by atoms with Crippen LogP contribution < -0.4 is 5.73 Å². The van der Waals surface area contributed by atoms with Crippen LogP contribution in [-0.4, -0.2) is 27.1 Å². The van der Waals surface area contributed by atoms with Gasteiger partial charge in [-0.05, 0) is 36.2 Å². The normalized spacial score (nSPS) is 11.5. The van der Waals surface area contributed by atoms with Crippen molar-refractivity contribution in [2.24, 2.45) is 5.92 Å². The first-order chi connectivity index (χ1) is 14.5. The number of benzene rings is 2. The Bertz CT molecular complexity index is 1230. The average molecular weight is 406 g/mol. The number of halogens is 1. The zero-order valence-corrected chi connectivity index (χ0v) is 16.9. The Morgan fingerprint density at radius 2 is 1.80 bits per heavy atom. The third-order valence-corrected chi connectivity index (χ3v) is 5.37. The molecule has 0 aliphatic carbocycles. The summed E-state index contributed by atoms with van der Waals surface area (Å²) in [5, 5.41) is 0. The second kappa shape index (κ2) is 8.10. The molecular formula is C23H23FN4O2. The van der Waals surface area contributed by atoms with E-state index in [-0.39, 0.29) is 17.3 Å². The number of nitrogens with two attached hydrogens (primary N) is 1. The summed E-state index contributed by atoms with van der Waals surface area (Å²) in [6.07, 6.45) is 1.82. The van der Waals surface area contributed by atoms with Gasteiger partial charge < -0.3 is 10.5 Å². The van der Waals surface area contributed by atoms with Gasteiger partial charge in [-0.1, -0.05) is 44.9 Å². The van der Waals surface area contributed by atoms with E-state index in [9.17, 15) is 9.18 Å². The molecule has 2 heterocycles. The molecule has 154 valence electrons. The number of hydrogen-bond donors (Lipinski definition) is 1. The number of para-hydroxylation sites is 2. The number of nitrogen functional groups attached to an aromatic ring is 1. The summed E-state index contributed by atoms with van der Waals surface area (Å²) in [4.78, 5) is 22.3. The monoisotopic (exact) mass is 406 g/mol. The number of fused-ring (bicyclic) bond motifs is 2. The number of hydrogen-bond acceptors (Lipinski definition) is 5. The van der Waals surface area contributed by atoms with Crippen molar-refractivity contribution in [2.75, 3.05) is 12.3 Å². The number of anilines is 1. The highest BCUT2D eigenvalue weighted by Crippen LogP contribution is 2.31. The van der Waals surface area contributed by atoms with Crippen molar-refractivity contribution in [1.29, 1.82) is 0 Å². The van der Waals surface area contributed by atoms with Gasteiger partial charge in [0.2, 0.25) is 0 Å². The van der Waals surface area contributed by atoms with Crippen molar-refractivity contribution in [3.05, 3.63) is 59.9 Å². The van der Waals surface area contributed by atoms with Crippen LogP contribution in [0.25, 0.3) is 27.9 Å². The Kier molecular flexibility index (Phi) is 5.35. The minimum atomic E-state index is -0.552. The van der Waals surface area contributed by atoms with E-state index in [0.717, 1.165) is 12.8 Å². The van der Waals surface area contributed by atoms with E-state index in [1.54, 1.807) is 16.7 Å². The summed E-state index contributed by atoms with van der Waals surface area (Å²) < 4.78 is 21.0. The quantitative estimate of drug-likeness (QED) is 0.461. The smallest absolute Gasteiger partial charge is 0.344 e. The molecule has 0 aliphatic heterocycles. The molecule has 0 bridgehead atoms. The van der Waals surface area contributed by atoms with Crippen LogP contribution in [-0.2, 0) is 4.74 Å². The maximum Gasteiger partial charge on any atom is 0.344 e. The lowest BCUT2D eigenvalue weighted by atomic mass is 10.1. The predicted octanol–water partition coefficient (Wildman–Crippen LogP) is 4.89. The van der Waals surface area contributed by atoms with Gasteiger partial charge in [0.05, 0.1) is 23.3 Å². The number of carbonyl (C=O) groups excluding carboxylic acids is 1. The third-order valence-electron chi connectivity index (χ3n) is 5.37. The van der Waals surface area contributed by atoms with Gasteiger partial charge in [-0.25, -0.2) is 19.2 Å². The van der Waals surface area contributed by atoms with Gasteiger partial charge in [-0.3, -0.25) is 4.57 Å². The number of aromatic nitrogens is 3. The van der Waals surface area contributed by atoms with Crippen LogP contribution in [0.4, 0.5) is 10.2 Å². The lowest BCUT2D eigenvalue weighted by Gasteiger charge is -2.12. The number of rotatable bonds is 6. The van der Waals surface area contributed by atoms with E-state index in [0.29, 0.717) is 34.5 Å². The van der Waals surface area contributed by atoms with Crippen molar-refractivity contribution in [1.82, 2.24) is 14.5 Å². The van der Waals surface area contributed by atoms with Gasteiger partial charge in [0.15, 0.2) is 5.65 Å². The fourth-order valence-corrected chi connectivity index (χ4v) is 3.53. The summed E-state index contributed by atoms with van der Waals surface area (Å²) in [6, 6.07) is 13.3. The standard InChI is InChI=1S/C23H23FN4O2/c1-3-14(4-2)13-30-23(29)19-20-22(27-18-11-6-5-10-17(18)26-20)28(21(19)25)16-9-7-8-15(24)12-16/h5-12,14H,3-4,13,25H2,1-2H3. The van der Waals surface area contributed by atoms with E-state index in [2.05, 4.69) is 23.8 Å². The van der Waals surface area contributed by atoms with Crippen LogP contribution in [0.1, 0.15) is 37.0 Å². The van der Waals surface area contributed by atoms with Gasteiger partial charge >= 0.3 is 5.97 Å². The number of nitrogens with zero attached hydrogens (tertiary/aromatic N) is 3. The molecule has 2 N–H and O–H groups in total. The highest BCUT2D eigenvalue weighted by molar-refractivity contribution is 6.09. The average Bonchev–Trinajstić information content (AvgIpc) is 3.03. The van der Waals surface area contributed by atoms with Gasteiger partial charge in [-0.2, -0.15) is 0 Å². The lowest BCUT2D eigenvalue weighted by Crippen LogP contribution is -2.15. The molecular weight excluding hydrogens is 383 g/mol. The fourth-order valence-electron chi connectivity index (χ4n) is 3.53. The van der Waals surface area contributed by atoms with E-state index in [1.807, 2.05) is 24.3 Å². The highest BCUT2D eigenvalue weighted by Gasteiger charge is 2.26. The van der Waals surface area contributed by atoms with E-state index in [4.69, 9.17) is 10.5 Å². The molecule has 2 aromatic heterocycles. The molecule has 0 unspecified atom stereocenters. The van der Waals surface area contributed by atoms with E-state index in [1.165, 1.54) is 12.1 Å². The zero-order chi connectivity index (χ0) is 21.3. The Balaban J connectivity index is 1.92. The van der Waals surface area contributed by atoms with Crippen LogP contribution in [0.15, 0.2) is 48.5 Å². The minimum absolute atomic E-state index is 0.125. The molecule has 0 amide bonds. The summed E-state index contributed by atoms with van der Waals surface area (Å²) in [5.41, 5.74) is 9.01. The summed E-state index contributed by atoms with van der Waals surface area (Å²) in [6.45, 7) is 4.42. The zero-order valence-electron chi connectivity index (χ0n) is 16.9. The van der Waals surface area contributed by atoms with Gasteiger partial charge in [-0.15, -0.1) is 0 Å². The molecule has 0 saturated heterocycles. The molecule has 30 heavy (non-hydrogen) atoms.